The molecule has 1 aliphatic rings. The molecule has 0 saturated heterocycles. The van der Waals surface area contributed by atoms with Gasteiger partial charge in [0.05, 0.1) is 6.42 Å². The fourth-order valence-electron chi connectivity index (χ4n) is 2.65. The highest BCUT2D eigenvalue weighted by Crippen LogP contribution is 2.46. The Morgan fingerprint density at radius 3 is 2.12 bits per heavy atom. The van der Waals surface area contributed by atoms with E-state index < -0.39 is 5.97 Å². The molecular weight excluding hydrogens is 259 g/mol. The molecule has 1 aromatic rings. The second kappa shape index (κ2) is 4.51. The first-order valence-electron chi connectivity index (χ1n) is 5.65. The number of carboxylic acids is 1. The standard InChI is InChI=1S/C13H14Cl2O2/c1-2-13(7-12(16)17)5-8-9(6-13)11(15)4-3-10(8)14/h3-4H,2,5-7H2,1H3,(H,16,17). The van der Waals surface area contributed by atoms with E-state index in [1.807, 2.05) is 6.92 Å². The molecule has 1 aromatic carbocycles. The van der Waals surface area contributed by atoms with E-state index in [-0.39, 0.29) is 11.8 Å². The minimum atomic E-state index is -0.757. The lowest BCUT2D eigenvalue weighted by Gasteiger charge is -2.25. The van der Waals surface area contributed by atoms with Crippen LogP contribution in [0.3, 0.4) is 0 Å². The van der Waals surface area contributed by atoms with Gasteiger partial charge in [-0.15, -0.1) is 0 Å². The highest BCUT2D eigenvalue weighted by atomic mass is 35.5. The maximum absolute atomic E-state index is 11.0. The van der Waals surface area contributed by atoms with Crippen molar-refractivity contribution in [3.05, 3.63) is 33.3 Å². The molecule has 0 aromatic heterocycles. The SMILES string of the molecule is CCC1(CC(=O)O)Cc2c(Cl)ccc(Cl)c2C1. The predicted octanol–water partition coefficient (Wildman–Crippen LogP) is 3.96. The number of fused-ring (bicyclic) bond motifs is 1. The van der Waals surface area contributed by atoms with E-state index in [0.29, 0.717) is 22.9 Å². The molecule has 1 aliphatic carbocycles. The zero-order chi connectivity index (χ0) is 12.6. The Morgan fingerprint density at radius 2 is 1.76 bits per heavy atom. The molecule has 0 fully saturated rings. The molecule has 0 heterocycles. The van der Waals surface area contributed by atoms with Crippen molar-refractivity contribution >= 4 is 29.2 Å². The van der Waals surface area contributed by atoms with E-state index >= 15 is 0 Å². The summed E-state index contributed by atoms with van der Waals surface area (Å²) < 4.78 is 0. The largest absolute Gasteiger partial charge is 0.481 e. The van der Waals surface area contributed by atoms with Crippen LogP contribution in [0.25, 0.3) is 0 Å². The van der Waals surface area contributed by atoms with Crippen molar-refractivity contribution in [2.75, 3.05) is 0 Å². The lowest BCUT2D eigenvalue weighted by atomic mass is 9.79. The average Bonchev–Trinajstić information content (AvgIpc) is 2.64. The van der Waals surface area contributed by atoms with E-state index in [1.54, 1.807) is 12.1 Å². The quantitative estimate of drug-likeness (QED) is 0.904. The van der Waals surface area contributed by atoms with E-state index in [0.717, 1.165) is 17.5 Å². The first kappa shape index (κ1) is 12.7. The monoisotopic (exact) mass is 272 g/mol. The minimum absolute atomic E-state index is 0.171. The zero-order valence-corrected chi connectivity index (χ0v) is 11.1. The predicted molar refractivity (Wildman–Crippen MR) is 68.8 cm³/mol. The van der Waals surface area contributed by atoms with Gasteiger partial charge in [-0.3, -0.25) is 4.79 Å². The maximum Gasteiger partial charge on any atom is 0.303 e. The Bertz CT molecular complexity index is 438. The number of halogens is 2. The number of benzene rings is 1. The van der Waals surface area contributed by atoms with Crippen LogP contribution >= 0.6 is 23.2 Å². The Labute approximate surface area is 111 Å². The molecule has 0 unspecified atom stereocenters. The Morgan fingerprint density at radius 1 is 1.29 bits per heavy atom. The highest BCUT2D eigenvalue weighted by Gasteiger charge is 2.39. The molecule has 0 amide bonds. The molecule has 1 N–H and O–H groups in total. The van der Waals surface area contributed by atoms with Gasteiger partial charge >= 0.3 is 5.97 Å². The number of hydrogen-bond donors (Lipinski definition) is 1. The molecule has 0 saturated carbocycles. The first-order valence-corrected chi connectivity index (χ1v) is 6.40. The average molecular weight is 273 g/mol. The molecule has 0 aliphatic heterocycles. The summed E-state index contributed by atoms with van der Waals surface area (Å²) >= 11 is 12.3. The van der Waals surface area contributed by atoms with Crippen LogP contribution in [0, 0.1) is 5.41 Å². The third-order valence-corrected chi connectivity index (χ3v) is 4.40. The van der Waals surface area contributed by atoms with Gasteiger partial charge < -0.3 is 5.11 Å². The molecule has 0 atom stereocenters. The van der Waals surface area contributed by atoms with Crippen LogP contribution in [0.1, 0.15) is 30.9 Å². The van der Waals surface area contributed by atoms with Gasteiger partial charge in [0.25, 0.3) is 0 Å². The van der Waals surface area contributed by atoms with Crippen molar-refractivity contribution in [3.63, 3.8) is 0 Å². The maximum atomic E-state index is 11.0. The first-order chi connectivity index (χ1) is 7.97. The lowest BCUT2D eigenvalue weighted by Crippen LogP contribution is -2.24. The fraction of sp³-hybridized carbons (Fsp3) is 0.462. The van der Waals surface area contributed by atoms with Gasteiger partial charge in [-0.2, -0.15) is 0 Å². The van der Waals surface area contributed by atoms with Gasteiger partial charge in [0.2, 0.25) is 0 Å². The molecule has 0 bridgehead atoms. The minimum Gasteiger partial charge on any atom is -0.481 e. The van der Waals surface area contributed by atoms with Crippen molar-refractivity contribution in [2.24, 2.45) is 5.41 Å². The smallest absolute Gasteiger partial charge is 0.303 e. The van der Waals surface area contributed by atoms with Gasteiger partial charge in [-0.1, -0.05) is 30.1 Å². The molecule has 2 rings (SSSR count). The van der Waals surface area contributed by atoms with Crippen LogP contribution in [0.5, 0.6) is 0 Å². The van der Waals surface area contributed by atoms with Crippen LogP contribution in [0.15, 0.2) is 12.1 Å². The summed E-state index contributed by atoms with van der Waals surface area (Å²) in [5.41, 5.74) is 1.84. The highest BCUT2D eigenvalue weighted by molar-refractivity contribution is 6.34. The fourth-order valence-corrected chi connectivity index (χ4v) is 3.14. The summed E-state index contributed by atoms with van der Waals surface area (Å²) in [6.45, 7) is 2.02. The third-order valence-electron chi connectivity index (χ3n) is 3.70. The Hall–Kier alpha value is -0.730. The number of carbonyl (C=O) groups is 1. The van der Waals surface area contributed by atoms with E-state index in [1.165, 1.54) is 0 Å². The molecular formula is C13H14Cl2O2. The molecule has 2 nitrogen and oxygen atoms in total. The van der Waals surface area contributed by atoms with Crippen LogP contribution in [-0.4, -0.2) is 11.1 Å². The topological polar surface area (TPSA) is 37.3 Å². The summed E-state index contributed by atoms with van der Waals surface area (Å²) in [4.78, 5) is 11.0. The molecule has 92 valence electrons. The Balaban J connectivity index is 2.39. The van der Waals surface area contributed by atoms with Gasteiger partial charge in [0.1, 0.15) is 0 Å². The molecule has 4 heteroatoms. The number of hydrogen-bond acceptors (Lipinski definition) is 1. The lowest BCUT2D eigenvalue weighted by molar-refractivity contribution is -0.139. The summed E-state index contributed by atoms with van der Waals surface area (Å²) in [7, 11) is 0. The summed E-state index contributed by atoms with van der Waals surface area (Å²) in [5.74, 6) is -0.757. The van der Waals surface area contributed by atoms with Crippen molar-refractivity contribution in [3.8, 4) is 0 Å². The van der Waals surface area contributed by atoms with Gasteiger partial charge in [0.15, 0.2) is 0 Å². The van der Waals surface area contributed by atoms with Crippen molar-refractivity contribution in [1.82, 2.24) is 0 Å². The van der Waals surface area contributed by atoms with Crippen LogP contribution in [0.4, 0.5) is 0 Å². The number of rotatable bonds is 3. The van der Waals surface area contributed by atoms with Crippen LogP contribution in [-0.2, 0) is 17.6 Å². The second-order valence-corrected chi connectivity index (χ2v) is 5.58. The number of aliphatic carboxylic acids is 1. The molecule has 0 spiro atoms. The van der Waals surface area contributed by atoms with Gasteiger partial charge in [-0.05, 0) is 47.9 Å². The van der Waals surface area contributed by atoms with Crippen molar-refractivity contribution < 1.29 is 9.90 Å². The van der Waals surface area contributed by atoms with Gasteiger partial charge in [0, 0.05) is 10.0 Å². The summed E-state index contributed by atoms with van der Waals surface area (Å²) in [6, 6.07) is 3.57. The van der Waals surface area contributed by atoms with E-state index in [9.17, 15) is 4.79 Å². The van der Waals surface area contributed by atoms with Crippen molar-refractivity contribution in [1.29, 1.82) is 0 Å². The van der Waals surface area contributed by atoms with E-state index in [2.05, 4.69) is 0 Å². The molecule has 17 heavy (non-hydrogen) atoms. The van der Waals surface area contributed by atoms with Gasteiger partial charge in [-0.25, -0.2) is 0 Å². The summed E-state index contributed by atoms with van der Waals surface area (Å²) in [5, 5.41) is 10.4. The Kier molecular flexibility index (Phi) is 3.37. The van der Waals surface area contributed by atoms with Crippen LogP contribution in [0.2, 0.25) is 10.0 Å². The second-order valence-electron chi connectivity index (χ2n) is 4.76. The zero-order valence-electron chi connectivity index (χ0n) is 9.59. The normalized spacial score (nSPS) is 16.9. The number of carboxylic acid groups (broad SMARTS) is 1. The third kappa shape index (κ3) is 2.29. The van der Waals surface area contributed by atoms with E-state index in [4.69, 9.17) is 28.3 Å². The van der Waals surface area contributed by atoms with Crippen molar-refractivity contribution in [2.45, 2.75) is 32.6 Å². The molecule has 0 radical (unpaired) electrons. The summed E-state index contributed by atoms with van der Waals surface area (Å²) in [6.07, 6.45) is 2.42. The van der Waals surface area contributed by atoms with Crippen LogP contribution < -0.4 is 0 Å².